The molecular formula is C17H26BrNO. The van der Waals surface area contributed by atoms with Gasteiger partial charge in [-0.1, -0.05) is 28.9 Å². The fourth-order valence-electron chi connectivity index (χ4n) is 3.56. The van der Waals surface area contributed by atoms with Crippen LogP contribution in [-0.4, -0.2) is 19.3 Å². The predicted molar refractivity (Wildman–Crippen MR) is 88.1 cm³/mol. The summed E-state index contributed by atoms with van der Waals surface area (Å²) < 4.78 is 7.22. The fraction of sp³-hybridized carbons (Fsp3) is 0.647. The second-order valence-corrected chi connectivity index (χ2v) is 7.06. The van der Waals surface area contributed by atoms with Gasteiger partial charge in [0, 0.05) is 16.4 Å². The monoisotopic (exact) mass is 339 g/mol. The zero-order chi connectivity index (χ0) is 15.0. The van der Waals surface area contributed by atoms with Gasteiger partial charge in [0.15, 0.2) is 0 Å². The van der Waals surface area contributed by atoms with E-state index in [4.69, 9.17) is 4.74 Å². The Balaban J connectivity index is 2.40. The normalized spacial score (nSPS) is 31.6. The molecule has 0 aliphatic carbocycles. The Bertz CT molecular complexity index is 488. The van der Waals surface area contributed by atoms with Gasteiger partial charge in [-0.3, -0.25) is 0 Å². The van der Waals surface area contributed by atoms with E-state index in [0.717, 1.165) is 0 Å². The van der Waals surface area contributed by atoms with Crippen LogP contribution in [0.25, 0.3) is 0 Å². The highest BCUT2D eigenvalue weighted by atomic mass is 79.9. The molecule has 2 nitrogen and oxygen atoms in total. The van der Waals surface area contributed by atoms with Crippen LogP contribution in [0.15, 0.2) is 16.6 Å². The van der Waals surface area contributed by atoms with E-state index in [9.17, 15) is 0 Å². The first-order valence-corrected chi connectivity index (χ1v) is 8.25. The summed E-state index contributed by atoms with van der Waals surface area (Å²) in [7, 11) is 2.06. The molecule has 1 aromatic carbocycles. The van der Waals surface area contributed by atoms with Gasteiger partial charge in [0.1, 0.15) is 0 Å². The van der Waals surface area contributed by atoms with Crippen molar-refractivity contribution in [3.63, 3.8) is 0 Å². The zero-order valence-electron chi connectivity index (χ0n) is 13.3. The van der Waals surface area contributed by atoms with Gasteiger partial charge in [-0.05, 0) is 63.4 Å². The Hall–Kier alpha value is -0.380. The first kappa shape index (κ1) is 16.0. The molecular weight excluding hydrogens is 314 g/mol. The van der Waals surface area contributed by atoms with Crippen LogP contribution in [0.5, 0.6) is 0 Å². The Kier molecular flexibility index (Phi) is 4.93. The highest BCUT2D eigenvalue weighted by Gasteiger charge is 2.42. The lowest BCUT2D eigenvalue weighted by atomic mass is 9.79. The van der Waals surface area contributed by atoms with Crippen molar-refractivity contribution in [2.45, 2.75) is 52.9 Å². The molecule has 1 aromatic rings. The number of rotatable bonds is 3. The average molecular weight is 340 g/mol. The molecule has 0 aromatic heterocycles. The zero-order valence-corrected chi connectivity index (χ0v) is 14.9. The summed E-state index contributed by atoms with van der Waals surface area (Å²) >= 11 is 3.62. The molecule has 0 spiro atoms. The van der Waals surface area contributed by atoms with E-state index in [-0.39, 0.29) is 0 Å². The summed E-state index contributed by atoms with van der Waals surface area (Å²) in [6.07, 6.45) is 0.628. The molecule has 2 rings (SSSR count). The molecule has 0 bridgehead atoms. The van der Waals surface area contributed by atoms with Gasteiger partial charge in [-0.25, -0.2) is 0 Å². The van der Waals surface area contributed by atoms with Crippen LogP contribution in [-0.2, 0) is 4.74 Å². The Labute approximate surface area is 131 Å². The molecule has 3 heteroatoms. The molecule has 1 N–H and O–H groups in total. The number of hydrogen-bond donors (Lipinski definition) is 1. The summed E-state index contributed by atoms with van der Waals surface area (Å²) in [5.41, 5.74) is 4.02. The summed E-state index contributed by atoms with van der Waals surface area (Å²) in [5, 5.41) is 3.53. The lowest BCUT2D eigenvalue weighted by Gasteiger charge is -2.30. The predicted octanol–water partition coefficient (Wildman–Crippen LogP) is 4.39. The van der Waals surface area contributed by atoms with Gasteiger partial charge in [0.25, 0.3) is 0 Å². The van der Waals surface area contributed by atoms with Gasteiger partial charge in [0.05, 0.1) is 12.2 Å². The van der Waals surface area contributed by atoms with E-state index in [1.54, 1.807) is 0 Å². The first-order valence-electron chi connectivity index (χ1n) is 7.46. The third-order valence-electron chi connectivity index (χ3n) is 4.90. The molecule has 1 aliphatic rings. The van der Waals surface area contributed by atoms with Crippen molar-refractivity contribution in [2.24, 2.45) is 11.8 Å². The minimum Gasteiger partial charge on any atom is -0.375 e. The Morgan fingerprint density at radius 1 is 1.10 bits per heavy atom. The van der Waals surface area contributed by atoms with Crippen molar-refractivity contribution in [1.82, 2.24) is 5.32 Å². The van der Waals surface area contributed by atoms with E-state index in [0.29, 0.717) is 30.1 Å². The maximum atomic E-state index is 6.03. The standard InChI is InChI=1S/C17H26BrNO/c1-9-8-15(18)10(2)7-14(9)17(19-6)16-11(3)12(4)20-13(16)5/h7-8,11-13,16-17,19H,1-6H3. The molecule has 0 saturated carbocycles. The van der Waals surface area contributed by atoms with Gasteiger partial charge in [-0.2, -0.15) is 0 Å². The van der Waals surface area contributed by atoms with Crippen molar-refractivity contribution >= 4 is 15.9 Å². The SMILES string of the molecule is CNC(c1cc(C)c(Br)cc1C)C1C(C)OC(C)C1C. The minimum absolute atomic E-state index is 0.292. The molecule has 0 radical (unpaired) electrons. The summed E-state index contributed by atoms with van der Waals surface area (Å²) in [6.45, 7) is 11.0. The van der Waals surface area contributed by atoms with Crippen LogP contribution in [0.4, 0.5) is 0 Å². The van der Waals surface area contributed by atoms with Gasteiger partial charge < -0.3 is 10.1 Å². The summed E-state index contributed by atoms with van der Waals surface area (Å²) in [6, 6.07) is 4.88. The largest absolute Gasteiger partial charge is 0.375 e. The lowest BCUT2D eigenvalue weighted by molar-refractivity contribution is 0.0478. The first-order chi connectivity index (χ1) is 9.36. The van der Waals surface area contributed by atoms with Gasteiger partial charge in [-0.15, -0.1) is 0 Å². The maximum absolute atomic E-state index is 6.03. The summed E-state index contributed by atoms with van der Waals surface area (Å²) in [4.78, 5) is 0. The second-order valence-electron chi connectivity index (χ2n) is 6.21. The third kappa shape index (κ3) is 2.81. The van der Waals surface area contributed by atoms with Gasteiger partial charge in [0.2, 0.25) is 0 Å². The van der Waals surface area contributed by atoms with E-state index < -0.39 is 0 Å². The van der Waals surface area contributed by atoms with E-state index in [1.165, 1.54) is 21.2 Å². The molecule has 5 atom stereocenters. The number of hydrogen-bond acceptors (Lipinski definition) is 2. The molecule has 1 fully saturated rings. The average Bonchev–Trinajstić information content (AvgIpc) is 2.63. The van der Waals surface area contributed by atoms with Gasteiger partial charge >= 0.3 is 0 Å². The number of aryl methyl sites for hydroxylation is 2. The summed E-state index contributed by atoms with van der Waals surface area (Å²) in [5.74, 6) is 1.07. The number of benzene rings is 1. The number of nitrogens with one attached hydrogen (secondary N) is 1. The molecule has 112 valence electrons. The lowest BCUT2D eigenvalue weighted by Crippen LogP contribution is -2.33. The van der Waals surface area contributed by atoms with Crippen molar-refractivity contribution < 1.29 is 4.74 Å². The Morgan fingerprint density at radius 3 is 2.25 bits per heavy atom. The smallest absolute Gasteiger partial charge is 0.0600 e. The van der Waals surface area contributed by atoms with E-state index >= 15 is 0 Å². The van der Waals surface area contributed by atoms with Crippen LogP contribution < -0.4 is 5.32 Å². The van der Waals surface area contributed by atoms with Crippen LogP contribution in [0, 0.1) is 25.7 Å². The van der Waals surface area contributed by atoms with E-state index in [2.05, 4.69) is 75.0 Å². The molecule has 0 amide bonds. The molecule has 1 heterocycles. The van der Waals surface area contributed by atoms with Crippen LogP contribution in [0.2, 0.25) is 0 Å². The topological polar surface area (TPSA) is 21.3 Å². The second kappa shape index (κ2) is 6.17. The molecule has 1 aliphatic heterocycles. The minimum atomic E-state index is 0.292. The number of ether oxygens (including phenoxy) is 1. The van der Waals surface area contributed by atoms with E-state index in [1.807, 2.05) is 0 Å². The fourth-order valence-corrected chi connectivity index (χ4v) is 4.02. The van der Waals surface area contributed by atoms with Crippen molar-refractivity contribution in [3.05, 3.63) is 33.3 Å². The highest BCUT2D eigenvalue weighted by molar-refractivity contribution is 9.10. The van der Waals surface area contributed by atoms with Crippen molar-refractivity contribution in [3.8, 4) is 0 Å². The number of halogens is 1. The molecule has 20 heavy (non-hydrogen) atoms. The van der Waals surface area contributed by atoms with Crippen LogP contribution in [0.3, 0.4) is 0 Å². The van der Waals surface area contributed by atoms with Crippen LogP contribution in [0.1, 0.15) is 43.5 Å². The third-order valence-corrected chi connectivity index (χ3v) is 5.75. The molecule has 5 unspecified atom stereocenters. The highest BCUT2D eigenvalue weighted by Crippen LogP contribution is 2.41. The maximum Gasteiger partial charge on any atom is 0.0600 e. The molecule has 1 saturated heterocycles. The Morgan fingerprint density at radius 2 is 1.75 bits per heavy atom. The van der Waals surface area contributed by atoms with Crippen molar-refractivity contribution in [1.29, 1.82) is 0 Å². The van der Waals surface area contributed by atoms with Crippen molar-refractivity contribution in [2.75, 3.05) is 7.05 Å². The van der Waals surface area contributed by atoms with Crippen LogP contribution >= 0.6 is 15.9 Å². The quantitative estimate of drug-likeness (QED) is 0.881.